The number of rotatable bonds is 3. The van der Waals surface area contributed by atoms with E-state index in [9.17, 15) is 14.4 Å². The number of carbonyl (C=O) groups excluding carboxylic acids is 3. The molecule has 5 aliphatic carbocycles. The third-order valence-electron chi connectivity index (χ3n) is 13.7. The van der Waals surface area contributed by atoms with Gasteiger partial charge in [0, 0.05) is 19.3 Å². The normalized spacial score (nSPS) is 45.9. The van der Waals surface area contributed by atoms with Crippen LogP contribution in [0.5, 0.6) is 0 Å². The lowest BCUT2D eigenvalue weighted by Gasteiger charge is -2.71. The standard InChI is InChI=1S/C35H54O6/c1-21(36)40-25-20-32(7)26(31(5,6)28(25)41-22(2)37)13-14-34(9)27(32)12-11-23-24-19-30(3,4)15-17-35(24,29(38)39-10)18-16-33(23,34)8/h11,24-28H,12-20H2,1-10H3/t24-,25+,26-,27+,28-,32-,33+,34+,35-/m0/s1. The van der Waals surface area contributed by atoms with Crippen molar-refractivity contribution < 1.29 is 28.6 Å². The first-order valence-corrected chi connectivity index (χ1v) is 16.0. The molecule has 230 valence electrons. The topological polar surface area (TPSA) is 78.9 Å². The number of carbonyl (C=O) groups is 3. The smallest absolute Gasteiger partial charge is 0.312 e. The van der Waals surface area contributed by atoms with Crippen LogP contribution >= 0.6 is 0 Å². The molecule has 0 bridgehead atoms. The van der Waals surface area contributed by atoms with E-state index in [4.69, 9.17) is 14.2 Å². The number of allylic oxidation sites excluding steroid dienone is 2. The first-order chi connectivity index (χ1) is 18.9. The Balaban J connectivity index is 1.59. The van der Waals surface area contributed by atoms with Gasteiger partial charge in [-0.1, -0.05) is 60.1 Å². The highest BCUT2D eigenvalue weighted by atomic mass is 16.6. The zero-order valence-electron chi connectivity index (χ0n) is 27.3. The van der Waals surface area contributed by atoms with Crippen molar-refractivity contribution in [2.24, 2.45) is 50.2 Å². The Kier molecular flexibility index (Phi) is 7.15. The van der Waals surface area contributed by atoms with Gasteiger partial charge in [-0.25, -0.2) is 0 Å². The summed E-state index contributed by atoms with van der Waals surface area (Å²) in [5, 5.41) is 0. The van der Waals surface area contributed by atoms with Gasteiger partial charge in [-0.15, -0.1) is 0 Å². The molecule has 0 spiro atoms. The van der Waals surface area contributed by atoms with Crippen molar-refractivity contribution in [1.29, 1.82) is 0 Å². The third-order valence-corrected chi connectivity index (χ3v) is 13.7. The number of fused-ring (bicyclic) bond motifs is 7. The third kappa shape index (κ3) is 4.26. The van der Waals surface area contributed by atoms with Gasteiger partial charge in [-0.3, -0.25) is 14.4 Å². The highest BCUT2D eigenvalue weighted by Crippen LogP contribution is 2.76. The Morgan fingerprint density at radius 3 is 2.05 bits per heavy atom. The van der Waals surface area contributed by atoms with Crippen LogP contribution in [0, 0.1) is 50.2 Å². The zero-order valence-corrected chi connectivity index (χ0v) is 27.3. The molecule has 0 amide bonds. The van der Waals surface area contributed by atoms with Gasteiger partial charge >= 0.3 is 17.9 Å². The zero-order chi connectivity index (χ0) is 30.4. The van der Waals surface area contributed by atoms with Crippen molar-refractivity contribution in [2.75, 3.05) is 7.11 Å². The molecule has 5 aliphatic rings. The molecule has 0 aliphatic heterocycles. The molecular weight excluding hydrogens is 516 g/mol. The molecule has 6 nitrogen and oxygen atoms in total. The summed E-state index contributed by atoms with van der Waals surface area (Å²) >= 11 is 0. The molecular formula is C35H54O6. The fourth-order valence-corrected chi connectivity index (χ4v) is 11.6. The first-order valence-electron chi connectivity index (χ1n) is 16.0. The molecule has 0 N–H and O–H groups in total. The van der Waals surface area contributed by atoms with Crippen LogP contribution < -0.4 is 0 Å². The second kappa shape index (κ2) is 9.58. The van der Waals surface area contributed by atoms with Gasteiger partial charge in [0.15, 0.2) is 0 Å². The van der Waals surface area contributed by atoms with E-state index in [1.54, 1.807) is 7.11 Å². The first kappa shape index (κ1) is 30.6. The lowest BCUT2D eigenvalue weighted by atomic mass is 9.33. The predicted molar refractivity (Wildman–Crippen MR) is 158 cm³/mol. The second-order valence-electron chi connectivity index (χ2n) is 16.6. The van der Waals surface area contributed by atoms with Crippen LogP contribution in [0.2, 0.25) is 0 Å². The summed E-state index contributed by atoms with van der Waals surface area (Å²) in [5.74, 6) is 0.264. The van der Waals surface area contributed by atoms with Crippen molar-refractivity contribution in [1.82, 2.24) is 0 Å². The van der Waals surface area contributed by atoms with Gasteiger partial charge in [0.25, 0.3) is 0 Å². The number of hydrogen-bond acceptors (Lipinski definition) is 6. The lowest BCUT2D eigenvalue weighted by molar-refractivity contribution is -0.244. The minimum absolute atomic E-state index is 0.0151. The minimum atomic E-state index is -0.467. The van der Waals surface area contributed by atoms with Crippen LogP contribution in [0.15, 0.2) is 11.6 Å². The van der Waals surface area contributed by atoms with Crippen LogP contribution in [-0.4, -0.2) is 37.2 Å². The van der Waals surface area contributed by atoms with Gasteiger partial charge in [0.05, 0.1) is 12.5 Å². The molecule has 0 aromatic rings. The minimum Gasteiger partial charge on any atom is -0.469 e. The summed E-state index contributed by atoms with van der Waals surface area (Å²) in [6.07, 6.45) is 10.3. The van der Waals surface area contributed by atoms with Crippen LogP contribution in [-0.2, 0) is 28.6 Å². The van der Waals surface area contributed by atoms with Gasteiger partial charge in [0.1, 0.15) is 12.2 Å². The Morgan fingerprint density at radius 1 is 0.805 bits per heavy atom. The summed E-state index contributed by atoms with van der Waals surface area (Å²) in [7, 11) is 1.56. The van der Waals surface area contributed by atoms with Crippen LogP contribution in [0.3, 0.4) is 0 Å². The molecule has 0 aromatic heterocycles. The van der Waals surface area contributed by atoms with Gasteiger partial charge in [-0.2, -0.15) is 0 Å². The molecule has 4 saturated carbocycles. The van der Waals surface area contributed by atoms with Crippen LogP contribution in [0.4, 0.5) is 0 Å². The molecule has 0 aromatic carbocycles. The predicted octanol–water partition coefficient (Wildman–Crippen LogP) is 7.43. The maximum Gasteiger partial charge on any atom is 0.312 e. The SMILES string of the molecule is COC(=O)[C@]12CCC(C)(C)C[C@H]1C1=CC[C@@H]3[C@@]4(C)C[C@@H](OC(C)=O)[C@H](OC(C)=O)C(C)(C)[C@@H]4CC[C@@]3(C)[C@]1(C)CC2. The maximum absolute atomic E-state index is 13.5. The Morgan fingerprint density at radius 2 is 1.44 bits per heavy atom. The fourth-order valence-electron chi connectivity index (χ4n) is 11.6. The number of ether oxygens (including phenoxy) is 3. The van der Waals surface area contributed by atoms with Crippen LogP contribution in [0.1, 0.15) is 120 Å². The summed E-state index contributed by atoms with van der Waals surface area (Å²) < 4.78 is 17.4. The highest BCUT2D eigenvalue weighted by molar-refractivity contribution is 5.78. The number of esters is 3. The molecule has 5 rings (SSSR count). The maximum atomic E-state index is 13.5. The van der Waals surface area contributed by atoms with Crippen molar-refractivity contribution in [2.45, 2.75) is 132 Å². The summed E-state index contributed by atoms with van der Waals surface area (Å²) in [6, 6.07) is 0. The Labute approximate surface area is 247 Å². The Hall–Kier alpha value is -1.85. The van der Waals surface area contributed by atoms with E-state index in [0.717, 1.165) is 51.4 Å². The molecule has 0 saturated heterocycles. The molecule has 41 heavy (non-hydrogen) atoms. The number of hydrogen-bond donors (Lipinski definition) is 0. The highest BCUT2D eigenvalue weighted by Gasteiger charge is 2.71. The average molecular weight is 571 g/mol. The second-order valence-corrected chi connectivity index (χ2v) is 16.6. The van der Waals surface area contributed by atoms with Crippen LogP contribution in [0.25, 0.3) is 0 Å². The van der Waals surface area contributed by atoms with Gasteiger partial charge in [-0.05, 0) is 97.2 Å². The van der Waals surface area contributed by atoms with Gasteiger partial charge < -0.3 is 14.2 Å². The number of methoxy groups -OCH3 is 1. The summed E-state index contributed by atoms with van der Waals surface area (Å²) in [5.41, 5.74) is 0.868. The van der Waals surface area contributed by atoms with E-state index in [0.29, 0.717) is 18.3 Å². The largest absolute Gasteiger partial charge is 0.469 e. The van der Waals surface area contributed by atoms with E-state index in [2.05, 4.69) is 54.5 Å². The molecule has 0 heterocycles. The molecule has 9 atom stereocenters. The van der Waals surface area contributed by atoms with Crippen molar-refractivity contribution in [3.8, 4) is 0 Å². The van der Waals surface area contributed by atoms with Crippen molar-refractivity contribution in [3.63, 3.8) is 0 Å². The molecule has 0 unspecified atom stereocenters. The fraction of sp³-hybridized carbons (Fsp3) is 0.857. The summed E-state index contributed by atoms with van der Waals surface area (Å²) in [6.45, 7) is 19.5. The van der Waals surface area contributed by atoms with E-state index < -0.39 is 17.6 Å². The monoisotopic (exact) mass is 570 g/mol. The summed E-state index contributed by atoms with van der Waals surface area (Å²) in [4.78, 5) is 38.0. The lowest BCUT2D eigenvalue weighted by Crippen LogP contribution is -2.67. The quantitative estimate of drug-likeness (QED) is 0.199. The van der Waals surface area contributed by atoms with E-state index in [1.165, 1.54) is 19.4 Å². The van der Waals surface area contributed by atoms with Crippen molar-refractivity contribution in [3.05, 3.63) is 11.6 Å². The van der Waals surface area contributed by atoms with Crippen molar-refractivity contribution >= 4 is 17.9 Å². The Bertz CT molecular complexity index is 1150. The van der Waals surface area contributed by atoms with E-state index in [1.807, 2.05) is 0 Å². The van der Waals surface area contributed by atoms with Gasteiger partial charge in [0.2, 0.25) is 0 Å². The molecule has 6 heteroatoms. The molecule has 4 fully saturated rings. The van der Waals surface area contributed by atoms with E-state index in [-0.39, 0.29) is 50.9 Å². The molecule has 0 radical (unpaired) electrons. The average Bonchev–Trinajstić information content (AvgIpc) is 2.85. The van der Waals surface area contributed by atoms with E-state index >= 15 is 0 Å².